The van der Waals surface area contributed by atoms with E-state index in [1.54, 1.807) is 11.4 Å². The van der Waals surface area contributed by atoms with Crippen molar-refractivity contribution < 1.29 is 13.6 Å². The van der Waals surface area contributed by atoms with E-state index in [1.165, 1.54) is 6.07 Å². The van der Waals surface area contributed by atoms with Crippen molar-refractivity contribution in [1.29, 1.82) is 0 Å². The minimum absolute atomic E-state index is 0. The lowest BCUT2D eigenvalue weighted by atomic mass is 9.94. The first-order valence-corrected chi connectivity index (χ1v) is 8.86. The van der Waals surface area contributed by atoms with E-state index in [2.05, 4.69) is 15.4 Å². The number of carbonyl (C=O) groups excluding carboxylic acids is 1. The lowest BCUT2D eigenvalue weighted by Gasteiger charge is -2.23. The molecule has 2 aliphatic rings. The van der Waals surface area contributed by atoms with Crippen LogP contribution in [-0.2, 0) is 0 Å². The summed E-state index contributed by atoms with van der Waals surface area (Å²) in [5.41, 5.74) is 1.38. The van der Waals surface area contributed by atoms with Gasteiger partial charge in [-0.15, -0.1) is 12.4 Å². The number of halogens is 3. The SMILES string of the molecule is Cc1nn2c(C3CCNCC3)cc(=O)[nH]c2c1C(=O)N1CCC(F)(F)C1.Cl. The van der Waals surface area contributed by atoms with Crippen molar-refractivity contribution in [1.82, 2.24) is 24.8 Å². The van der Waals surface area contributed by atoms with Gasteiger partial charge >= 0.3 is 0 Å². The van der Waals surface area contributed by atoms with Crippen molar-refractivity contribution in [2.75, 3.05) is 26.2 Å². The summed E-state index contributed by atoms with van der Waals surface area (Å²) in [4.78, 5) is 28.9. The monoisotopic (exact) mass is 401 g/mol. The number of fused-ring (bicyclic) bond motifs is 1. The summed E-state index contributed by atoms with van der Waals surface area (Å²) in [7, 11) is 0. The van der Waals surface area contributed by atoms with Gasteiger partial charge in [0.15, 0.2) is 0 Å². The zero-order valence-corrected chi connectivity index (χ0v) is 15.7. The van der Waals surface area contributed by atoms with Crippen molar-refractivity contribution in [3.05, 3.63) is 33.4 Å². The molecule has 2 fully saturated rings. The Labute approximate surface area is 160 Å². The number of amides is 1. The second-order valence-corrected chi connectivity index (χ2v) is 7.14. The molecular weight excluding hydrogens is 380 g/mol. The number of nitrogens with zero attached hydrogens (tertiary/aromatic N) is 3. The highest BCUT2D eigenvalue weighted by molar-refractivity contribution is 6.01. The molecule has 2 saturated heterocycles. The zero-order valence-electron chi connectivity index (χ0n) is 14.9. The van der Waals surface area contributed by atoms with Gasteiger partial charge in [0.2, 0.25) is 0 Å². The maximum Gasteiger partial charge on any atom is 0.267 e. The van der Waals surface area contributed by atoms with E-state index in [1.807, 2.05) is 0 Å². The van der Waals surface area contributed by atoms with Gasteiger partial charge in [0, 0.05) is 24.9 Å². The second-order valence-electron chi connectivity index (χ2n) is 7.14. The maximum atomic E-state index is 13.5. The van der Waals surface area contributed by atoms with Gasteiger partial charge in [-0.3, -0.25) is 9.59 Å². The molecule has 2 aromatic rings. The van der Waals surface area contributed by atoms with Crippen LogP contribution >= 0.6 is 12.4 Å². The Hall–Kier alpha value is -2.00. The van der Waals surface area contributed by atoms with Crippen LogP contribution in [0.2, 0.25) is 0 Å². The van der Waals surface area contributed by atoms with Gasteiger partial charge in [0.05, 0.1) is 17.9 Å². The summed E-state index contributed by atoms with van der Waals surface area (Å²) in [6.45, 7) is 2.78. The van der Waals surface area contributed by atoms with Crippen LogP contribution in [0.1, 0.15) is 46.9 Å². The van der Waals surface area contributed by atoms with E-state index in [0.717, 1.165) is 36.5 Å². The summed E-state index contributed by atoms with van der Waals surface area (Å²) in [6.07, 6.45) is 1.41. The van der Waals surface area contributed by atoms with E-state index in [-0.39, 0.29) is 42.4 Å². The maximum absolute atomic E-state index is 13.5. The number of aryl methyl sites for hydroxylation is 1. The zero-order chi connectivity index (χ0) is 18.5. The van der Waals surface area contributed by atoms with Gasteiger partial charge in [-0.25, -0.2) is 13.3 Å². The molecule has 0 spiro atoms. The van der Waals surface area contributed by atoms with Crippen molar-refractivity contribution in [3.63, 3.8) is 0 Å². The number of rotatable bonds is 2. The number of carbonyl (C=O) groups is 1. The fourth-order valence-electron chi connectivity index (χ4n) is 3.91. The summed E-state index contributed by atoms with van der Waals surface area (Å²) in [5.74, 6) is -3.20. The highest BCUT2D eigenvalue weighted by atomic mass is 35.5. The minimum atomic E-state index is -2.86. The molecule has 148 valence electrons. The van der Waals surface area contributed by atoms with Crippen LogP contribution < -0.4 is 10.9 Å². The quantitative estimate of drug-likeness (QED) is 0.802. The second kappa shape index (κ2) is 7.20. The van der Waals surface area contributed by atoms with E-state index in [9.17, 15) is 18.4 Å². The van der Waals surface area contributed by atoms with Crippen LogP contribution in [0.15, 0.2) is 10.9 Å². The summed E-state index contributed by atoms with van der Waals surface area (Å²) >= 11 is 0. The lowest BCUT2D eigenvalue weighted by molar-refractivity contribution is 0.0120. The smallest absolute Gasteiger partial charge is 0.267 e. The molecule has 7 nitrogen and oxygen atoms in total. The van der Waals surface area contributed by atoms with Crippen LogP contribution in [0.5, 0.6) is 0 Å². The highest BCUT2D eigenvalue weighted by Crippen LogP contribution is 2.30. The fourth-order valence-corrected chi connectivity index (χ4v) is 3.91. The molecule has 27 heavy (non-hydrogen) atoms. The minimum Gasteiger partial charge on any atom is -0.332 e. The standard InChI is InChI=1S/C17H21F2N5O2.ClH/c1-10-14(16(26)23-7-4-17(18,19)9-23)15-21-13(25)8-12(24(15)22-10)11-2-5-20-6-3-11;/h8,11,20H,2-7,9H2,1H3,(H,21,25);1H. The third kappa shape index (κ3) is 3.58. The Bertz CT molecular complexity index is 920. The molecule has 0 saturated carbocycles. The van der Waals surface area contributed by atoms with E-state index < -0.39 is 18.4 Å². The van der Waals surface area contributed by atoms with Crippen molar-refractivity contribution in [3.8, 4) is 0 Å². The predicted molar refractivity (Wildman–Crippen MR) is 98.1 cm³/mol. The number of hydrogen-bond donors (Lipinski definition) is 2. The molecule has 4 rings (SSSR count). The Morgan fingerprint density at radius 2 is 2.04 bits per heavy atom. The van der Waals surface area contributed by atoms with E-state index >= 15 is 0 Å². The van der Waals surface area contributed by atoms with Crippen LogP contribution in [0, 0.1) is 6.92 Å². The van der Waals surface area contributed by atoms with E-state index in [0.29, 0.717) is 11.3 Å². The number of nitrogens with one attached hydrogen (secondary N) is 2. The molecule has 1 amide bonds. The highest BCUT2D eigenvalue weighted by Gasteiger charge is 2.41. The molecule has 2 N–H and O–H groups in total. The lowest BCUT2D eigenvalue weighted by Crippen LogP contribution is -2.32. The summed E-state index contributed by atoms with van der Waals surface area (Å²) < 4.78 is 28.6. The number of aromatic amines is 1. The number of piperidine rings is 1. The van der Waals surface area contributed by atoms with Gasteiger partial charge in [-0.1, -0.05) is 0 Å². The molecule has 0 unspecified atom stereocenters. The molecule has 2 aromatic heterocycles. The predicted octanol–water partition coefficient (Wildman–Crippen LogP) is 1.70. The Morgan fingerprint density at radius 1 is 1.33 bits per heavy atom. The van der Waals surface area contributed by atoms with E-state index in [4.69, 9.17) is 0 Å². The first-order chi connectivity index (χ1) is 12.4. The molecule has 0 radical (unpaired) electrons. The topological polar surface area (TPSA) is 82.5 Å². The van der Waals surface area contributed by atoms with Crippen LogP contribution in [0.4, 0.5) is 8.78 Å². The number of likely N-dealkylation sites (tertiary alicyclic amines) is 1. The molecule has 0 aromatic carbocycles. The average molecular weight is 402 g/mol. The normalized spacial score (nSPS) is 20.0. The van der Waals surface area contributed by atoms with Crippen molar-refractivity contribution in [2.45, 2.75) is 38.0 Å². The first-order valence-electron chi connectivity index (χ1n) is 8.86. The number of aromatic nitrogens is 3. The molecule has 10 heteroatoms. The van der Waals surface area contributed by atoms with Crippen LogP contribution in [0.25, 0.3) is 5.65 Å². The molecule has 2 aliphatic heterocycles. The third-order valence-corrected chi connectivity index (χ3v) is 5.25. The van der Waals surface area contributed by atoms with Crippen LogP contribution in [-0.4, -0.2) is 57.5 Å². The number of alkyl halides is 2. The number of hydrogen-bond acceptors (Lipinski definition) is 4. The molecule has 4 heterocycles. The molecular formula is C17H22ClF2N5O2. The number of H-pyrrole nitrogens is 1. The van der Waals surface area contributed by atoms with Gasteiger partial charge < -0.3 is 15.2 Å². The van der Waals surface area contributed by atoms with Gasteiger partial charge in [0.25, 0.3) is 17.4 Å². The van der Waals surface area contributed by atoms with Gasteiger partial charge in [0.1, 0.15) is 11.2 Å². The summed E-state index contributed by atoms with van der Waals surface area (Å²) in [5, 5.41) is 7.73. The summed E-state index contributed by atoms with van der Waals surface area (Å²) in [6, 6.07) is 1.52. The molecule has 0 atom stereocenters. The third-order valence-electron chi connectivity index (χ3n) is 5.25. The Kier molecular flexibility index (Phi) is 5.27. The Balaban J connectivity index is 0.00000210. The Morgan fingerprint density at radius 3 is 2.67 bits per heavy atom. The van der Waals surface area contributed by atoms with Crippen LogP contribution in [0.3, 0.4) is 0 Å². The first kappa shape index (κ1) is 19.8. The van der Waals surface area contributed by atoms with Gasteiger partial charge in [-0.05, 0) is 32.9 Å². The van der Waals surface area contributed by atoms with Gasteiger partial charge in [-0.2, -0.15) is 5.10 Å². The molecule has 0 bridgehead atoms. The molecule has 0 aliphatic carbocycles. The largest absolute Gasteiger partial charge is 0.332 e. The average Bonchev–Trinajstić information content (AvgIpc) is 3.13. The van der Waals surface area contributed by atoms with Crippen molar-refractivity contribution >= 4 is 24.0 Å². The fraction of sp³-hybridized carbons (Fsp3) is 0.588. The van der Waals surface area contributed by atoms with Crippen molar-refractivity contribution in [2.24, 2.45) is 0 Å².